The number of Topliss-reactive ketones (excluding diaryl/α,β-unsaturated/α-hetero) is 4. The van der Waals surface area contributed by atoms with Crippen LogP contribution in [0.4, 0.5) is 0 Å². The van der Waals surface area contributed by atoms with Crippen LogP contribution in [0.15, 0.2) is 0 Å². The molecule has 0 fully saturated rings. The van der Waals surface area contributed by atoms with E-state index < -0.39 is 36.0 Å². The molecule has 0 spiro atoms. The second-order valence-electron chi connectivity index (χ2n) is 6.29. The molecule has 0 aromatic rings. The Morgan fingerprint density at radius 3 is 0.742 bits per heavy atom. The average molecular weight is 480 g/mol. The molecule has 0 amide bonds. The third-order valence-electron chi connectivity index (χ3n) is 3.51. The fourth-order valence-electron chi connectivity index (χ4n) is 1.24. The van der Waals surface area contributed by atoms with Gasteiger partial charge in [0.2, 0.25) is 0 Å². The first-order valence-corrected chi connectivity index (χ1v) is 9.22. The van der Waals surface area contributed by atoms with Crippen molar-refractivity contribution in [2.24, 2.45) is 11.8 Å². The molecule has 0 saturated carbocycles. The molecule has 4 atom stereocenters. The number of aliphatic carboxylic acids is 2. The van der Waals surface area contributed by atoms with Crippen molar-refractivity contribution in [1.29, 1.82) is 0 Å². The molecule has 0 rings (SSSR count). The Bertz CT molecular complexity index is 492. The summed E-state index contributed by atoms with van der Waals surface area (Å²) in [6.45, 7) is 11.0. The van der Waals surface area contributed by atoms with Gasteiger partial charge in [-0.2, -0.15) is 0 Å². The van der Waals surface area contributed by atoms with Crippen molar-refractivity contribution in [1.82, 2.24) is 0 Å². The number of carbonyl (C=O) groups excluding carboxylic acids is 6. The molecule has 0 aromatic carbocycles. The van der Waals surface area contributed by atoms with Gasteiger partial charge < -0.3 is 39.6 Å². The van der Waals surface area contributed by atoms with Crippen molar-refractivity contribution in [2.75, 3.05) is 0 Å². The van der Waals surface area contributed by atoms with Gasteiger partial charge in [0.1, 0.15) is 23.1 Å². The van der Waals surface area contributed by atoms with Crippen LogP contribution in [0.2, 0.25) is 0 Å². The van der Waals surface area contributed by atoms with E-state index in [0.29, 0.717) is 12.8 Å². The zero-order valence-electron chi connectivity index (χ0n) is 19.3. The fourth-order valence-corrected chi connectivity index (χ4v) is 1.24. The Morgan fingerprint density at radius 1 is 0.581 bits per heavy atom. The van der Waals surface area contributed by atoms with E-state index in [0.717, 1.165) is 0 Å². The van der Waals surface area contributed by atoms with E-state index in [9.17, 15) is 49.2 Å². The van der Waals surface area contributed by atoms with Gasteiger partial charge >= 0.3 is 21.7 Å². The third kappa shape index (κ3) is 28.3. The number of hydrogen-bond donors (Lipinski definition) is 0. The van der Waals surface area contributed by atoms with Crippen LogP contribution in [0.3, 0.4) is 0 Å². The van der Waals surface area contributed by atoms with Gasteiger partial charge in [0.15, 0.2) is 0 Å². The number of rotatable bonds is 8. The summed E-state index contributed by atoms with van der Waals surface area (Å²) < 4.78 is 0. The molecule has 0 radical (unpaired) electrons. The second kappa shape index (κ2) is 22.9. The van der Waals surface area contributed by atoms with Gasteiger partial charge in [-0.25, -0.2) is 0 Å². The molecule has 0 heterocycles. The molecule has 0 aliphatic rings. The van der Waals surface area contributed by atoms with Crippen molar-refractivity contribution in [3.8, 4) is 0 Å². The smallest absolute Gasteiger partial charge is 0.847 e. The van der Waals surface area contributed by atoms with E-state index in [-0.39, 0.29) is 44.9 Å². The summed E-state index contributed by atoms with van der Waals surface area (Å²) in [6, 6.07) is 0. The van der Waals surface area contributed by atoms with E-state index in [1.165, 1.54) is 41.5 Å². The van der Waals surface area contributed by atoms with Gasteiger partial charge in [0, 0.05) is 0 Å². The SMILES string of the molecule is CC(=O)C(C)[O-].CC(=O)C(C)[O-].CCC(C(C)=O)C(=O)[O-].CCC(C(C)=O)C(=O)[O-].[Ti+4]. The number of hydrogen-bond acceptors (Lipinski definition) is 10. The van der Waals surface area contributed by atoms with E-state index >= 15 is 0 Å². The Kier molecular flexibility index (Phi) is 29.4. The summed E-state index contributed by atoms with van der Waals surface area (Å²) in [5, 5.41) is 39.8. The fraction of sp³-hybridized carbons (Fsp3) is 0.700. The molecular weight excluding hydrogens is 448 g/mol. The Balaban J connectivity index is -0.0000000977. The first-order valence-electron chi connectivity index (χ1n) is 9.22. The minimum atomic E-state index is -1.27. The number of ketones is 4. The molecule has 10 nitrogen and oxygen atoms in total. The molecule has 0 saturated heterocycles. The molecule has 0 bridgehead atoms. The van der Waals surface area contributed by atoms with Crippen LogP contribution >= 0.6 is 0 Å². The Labute approximate surface area is 198 Å². The average Bonchev–Trinajstić information content (AvgIpc) is 2.56. The number of carbonyl (C=O) groups is 6. The van der Waals surface area contributed by atoms with Gasteiger partial charge in [-0.05, 0) is 40.5 Å². The predicted molar refractivity (Wildman–Crippen MR) is 99.2 cm³/mol. The van der Waals surface area contributed by atoms with Crippen molar-refractivity contribution in [3.63, 3.8) is 0 Å². The van der Waals surface area contributed by atoms with Crippen molar-refractivity contribution < 1.29 is 70.9 Å². The molecule has 11 heteroatoms. The maximum Gasteiger partial charge on any atom is 4.00 e. The van der Waals surface area contributed by atoms with E-state index in [1.807, 2.05) is 0 Å². The molecule has 0 aliphatic heterocycles. The van der Waals surface area contributed by atoms with Crippen LogP contribution < -0.4 is 20.4 Å². The quantitative estimate of drug-likeness (QED) is 0.261. The minimum Gasteiger partial charge on any atom is -0.847 e. The van der Waals surface area contributed by atoms with Crippen molar-refractivity contribution in [3.05, 3.63) is 0 Å². The van der Waals surface area contributed by atoms with E-state index in [1.54, 1.807) is 13.8 Å². The molecule has 0 aromatic heterocycles. The summed E-state index contributed by atoms with van der Waals surface area (Å²) in [7, 11) is 0. The van der Waals surface area contributed by atoms with Gasteiger partial charge in [-0.3, -0.25) is 9.59 Å². The Hall–Kier alpha value is -1.75. The van der Waals surface area contributed by atoms with Crippen LogP contribution in [0, 0.1) is 11.8 Å². The molecule has 0 aliphatic carbocycles. The van der Waals surface area contributed by atoms with Gasteiger partial charge in [0.05, 0.1) is 23.8 Å². The van der Waals surface area contributed by atoms with Crippen LogP contribution in [0.5, 0.6) is 0 Å². The first-order chi connectivity index (χ1) is 13.5. The van der Waals surface area contributed by atoms with Gasteiger partial charge in [-0.1, -0.05) is 39.9 Å². The van der Waals surface area contributed by atoms with Crippen LogP contribution in [0.1, 0.15) is 68.2 Å². The van der Waals surface area contributed by atoms with Crippen LogP contribution in [0.25, 0.3) is 0 Å². The summed E-state index contributed by atoms with van der Waals surface area (Å²) in [4.78, 5) is 60.5. The molecular formula is C20H32O10Ti. The number of carboxylic acids is 2. The number of carboxylic acid groups (broad SMARTS) is 2. The Morgan fingerprint density at radius 2 is 0.742 bits per heavy atom. The maximum atomic E-state index is 10.4. The largest absolute Gasteiger partial charge is 4.00 e. The zero-order chi connectivity index (χ0) is 25.2. The van der Waals surface area contributed by atoms with Gasteiger partial charge in [0.25, 0.3) is 0 Å². The topological polar surface area (TPSA) is 195 Å². The molecule has 176 valence electrons. The molecule has 4 unspecified atom stereocenters. The zero-order valence-corrected chi connectivity index (χ0v) is 20.9. The normalized spacial score (nSPS) is 12.7. The maximum absolute atomic E-state index is 10.4. The standard InChI is InChI=1S/2C6H10O3.2C4H7O2.Ti/c2*1-3-5(4(2)7)6(8)9;2*1-3(5)4(2)6;/h2*5H,3H2,1-2H3,(H,8,9);2*3H,1-2H3;/q;;2*-1;+4/p-2. The predicted octanol–water partition coefficient (Wildman–Crippen LogP) is -2.65. The summed E-state index contributed by atoms with van der Waals surface area (Å²) in [5.74, 6) is -5.63. The van der Waals surface area contributed by atoms with E-state index in [4.69, 9.17) is 0 Å². The third-order valence-corrected chi connectivity index (χ3v) is 3.51. The van der Waals surface area contributed by atoms with Crippen molar-refractivity contribution in [2.45, 2.75) is 80.4 Å². The summed E-state index contributed by atoms with van der Waals surface area (Å²) >= 11 is 0. The van der Waals surface area contributed by atoms with E-state index in [2.05, 4.69) is 0 Å². The van der Waals surface area contributed by atoms with Crippen molar-refractivity contribution >= 4 is 35.1 Å². The summed E-state index contributed by atoms with van der Waals surface area (Å²) in [6.07, 6.45) is -1.44. The summed E-state index contributed by atoms with van der Waals surface area (Å²) in [5.41, 5.74) is 0. The van der Waals surface area contributed by atoms with Crippen LogP contribution in [-0.4, -0.2) is 47.3 Å². The second-order valence-corrected chi connectivity index (χ2v) is 6.29. The molecule has 31 heavy (non-hydrogen) atoms. The first kappa shape index (κ1) is 39.7. The monoisotopic (exact) mass is 480 g/mol. The minimum absolute atomic E-state index is 0. The van der Waals surface area contributed by atoms with Gasteiger partial charge in [-0.15, -0.1) is 0 Å². The molecule has 0 N–H and O–H groups in total. The van der Waals surface area contributed by atoms with Crippen LogP contribution in [-0.2, 0) is 50.5 Å².